The lowest BCUT2D eigenvalue weighted by Crippen LogP contribution is -2.32. The average Bonchev–Trinajstić information content (AvgIpc) is 2.33. The maximum absolute atomic E-state index is 12.3. The minimum Gasteiger partial charge on any atom is -0.460 e. The Labute approximate surface area is 113 Å². The van der Waals surface area contributed by atoms with E-state index in [9.17, 15) is 4.79 Å². The van der Waals surface area contributed by atoms with Crippen molar-refractivity contribution in [1.82, 2.24) is 0 Å². The van der Waals surface area contributed by atoms with Gasteiger partial charge >= 0.3 is 5.97 Å². The summed E-state index contributed by atoms with van der Waals surface area (Å²) >= 11 is 0. The van der Waals surface area contributed by atoms with Crippen molar-refractivity contribution in [2.45, 2.75) is 56.8 Å². The summed E-state index contributed by atoms with van der Waals surface area (Å²) in [7, 11) is 0. The Hall–Kier alpha value is -1.35. The molecular weight excluding hydrogens is 240 g/mol. The van der Waals surface area contributed by atoms with Gasteiger partial charge in [-0.2, -0.15) is 0 Å². The largest absolute Gasteiger partial charge is 0.460 e. The van der Waals surface area contributed by atoms with Crippen LogP contribution in [-0.4, -0.2) is 18.2 Å². The van der Waals surface area contributed by atoms with Gasteiger partial charge < -0.3 is 9.47 Å². The molecule has 2 saturated carbocycles. The highest BCUT2D eigenvalue weighted by Gasteiger charge is 2.32. The maximum Gasteiger partial charge on any atom is 0.340 e. The van der Waals surface area contributed by atoms with E-state index in [4.69, 9.17) is 9.47 Å². The van der Waals surface area contributed by atoms with Crippen molar-refractivity contribution in [1.29, 1.82) is 0 Å². The maximum atomic E-state index is 12.3. The SMILES string of the molecule is O=C(OC1CCC1)C(OC1CCC1)c1ccccc1. The number of hydrogen-bond acceptors (Lipinski definition) is 3. The first-order valence-electron chi connectivity index (χ1n) is 7.24. The van der Waals surface area contributed by atoms with Gasteiger partial charge in [-0.15, -0.1) is 0 Å². The van der Waals surface area contributed by atoms with Crippen LogP contribution >= 0.6 is 0 Å². The van der Waals surface area contributed by atoms with E-state index in [1.807, 2.05) is 30.3 Å². The van der Waals surface area contributed by atoms with Crippen LogP contribution in [-0.2, 0) is 14.3 Å². The van der Waals surface area contributed by atoms with Crippen LogP contribution in [0.3, 0.4) is 0 Å². The number of rotatable bonds is 5. The normalized spacial score (nSPS) is 21.3. The molecule has 0 N–H and O–H groups in total. The Morgan fingerprint density at radius 1 is 1.00 bits per heavy atom. The molecule has 2 aliphatic carbocycles. The number of benzene rings is 1. The summed E-state index contributed by atoms with van der Waals surface area (Å²) in [6.45, 7) is 0. The quantitative estimate of drug-likeness (QED) is 0.761. The molecule has 1 aromatic carbocycles. The van der Waals surface area contributed by atoms with E-state index in [0.717, 1.165) is 37.7 Å². The standard InChI is InChI=1S/C16H20O3/c17-16(19-14-10-5-11-14)15(18-13-8-4-9-13)12-6-2-1-3-7-12/h1-3,6-7,13-15H,4-5,8-11H2. The number of carbonyl (C=O) groups excluding carboxylic acids is 1. The minimum absolute atomic E-state index is 0.115. The fraction of sp³-hybridized carbons (Fsp3) is 0.562. The highest BCUT2D eigenvalue weighted by Crippen LogP contribution is 2.31. The number of carbonyl (C=O) groups is 1. The molecule has 2 fully saturated rings. The molecule has 3 rings (SSSR count). The second-order valence-corrected chi connectivity index (χ2v) is 5.47. The predicted octanol–water partition coefficient (Wildman–Crippen LogP) is 3.39. The Bertz CT molecular complexity index is 421. The van der Waals surface area contributed by atoms with Crippen LogP contribution in [0.5, 0.6) is 0 Å². The molecule has 0 heterocycles. The molecule has 0 saturated heterocycles. The summed E-state index contributed by atoms with van der Waals surface area (Å²) in [6, 6.07) is 9.68. The molecule has 3 heteroatoms. The van der Waals surface area contributed by atoms with Crippen LogP contribution in [0.4, 0.5) is 0 Å². The van der Waals surface area contributed by atoms with E-state index in [0.29, 0.717) is 0 Å². The van der Waals surface area contributed by atoms with Crippen molar-refractivity contribution in [2.24, 2.45) is 0 Å². The lowest BCUT2D eigenvalue weighted by atomic mass is 9.95. The lowest BCUT2D eigenvalue weighted by Gasteiger charge is -2.32. The minimum atomic E-state index is -0.549. The van der Waals surface area contributed by atoms with Gasteiger partial charge in [-0.25, -0.2) is 4.79 Å². The van der Waals surface area contributed by atoms with Crippen molar-refractivity contribution >= 4 is 5.97 Å². The Morgan fingerprint density at radius 3 is 2.16 bits per heavy atom. The van der Waals surface area contributed by atoms with Gasteiger partial charge in [-0.1, -0.05) is 30.3 Å². The molecule has 0 aliphatic heterocycles. The van der Waals surface area contributed by atoms with Crippen LogP contribution in [0, 0.1) is 0 Å². The average molecular weight is 260 g/mol. The first-order valence-corrected chi connectivity index (χ1v) is 7.24. The van der Waals surface area contributed by atoms with E-state index < -0.39 is 6.10 Å². The van der Waals surface area contributed by atoms with Crippen molar-refractivity contribution in [3.8, 4) is 0 Å². The number of esters is 1. The van der Waals surface area contributed by atoms with E-state index >= 15 is 0 Å². The summed E-state index contributed by atoms with van der Waals surface area (Å²) in [5.74, 6) is -0.220. The summed E-state index contributed by atoms with van der Waals surface area (Å²) in [6.07, 6.45) is 6.25. The molecule has 0 spiro atoms. The summed E-state index contributed by atoms with van der Waals surface area (Å²) in [5, 5.41) is 0. The molecule has 1 aromatic rings. The molecule has 2 aliphatic rings. The number of ether oxygens (including phenoxy) is 2. The molecule has 0 aromatic heterocycles. The third-order valence-electron chi connectivity index (χ3n) is 4.03. The van der Waals surface area contributed by atoms with Gasteiger partial charge in [0.15, 0.2) is 6.10 Å². The van der Waals surface area contributed by atoms with Crippen LogP contribution in [0.15, 0.2) is 30.3 Å². The fourth-order valence-electron chi connectivity index (χ4n) is 2.31. The second-order valence-electron chi connectivity index (χ2n) is 5.47. The summed E-state index contributed by atoms with van der Waals surface area (Å²) < 4.78 is 11.4. The molecule has 19 heavy (non-hydrogen) atoms. The molecule has 102 valence electrons. The zero-order chi connectivity index (χ0) is 13.1. The molecule has 1 unspecified atom stereocenters. The van der Waals surface area contributed by atoms with Gasteiger partial charge in [0.1, 0.15) is 6.10 Å². The van der Waals surface area contributed by atoms with Gasteiger partial charge in [0.05, 0.1) is 6.10 Å². The van der Waals surface area contributed by atoms with Gasteiger partial charge in [0.25, 0.3) is 0 Å². The molecule has 0 amide bonds. The van der Waals surface area contributed by atoms with E-state index in [1.54, 1.807) is 0 Å². The predicted molar refractivity (Wildman–Crippen MR) is 71.6 cm³/mol. The van der Waals surface area contributed by atoms with Crippen molar-refractivity contribution in [3.05, 3.63) is 35.9 Å². The lowest BCUT2D eigenvalue weighted by molar-refractivity contribution is -0.174. The smallest absolute Gasteiger partial charge is 0.340 e. The molecule has 0 radical (unpaired) electrons. The monoisotopic (exact) mass is 260 g/mol. The number of hydrogen-bond donors (Lipinski definition) is 0. The molecule has 1 atom stereocenters. The topological polar surface area (TPSA) is 35.5 Å². The van der Waals surface area contributed by atoms with E-state index in [1.165, 1.54) is 6.42 Å². The zero-order valence-electron chi connectivity index (χ0n) is 11.1. The Kier molecular flexibility index (Phi) is 3.83. The Balaban J connectivity index is 1.68. The van der Waals surface area contributed by atoms with Gasteiger partial charge in [-0.05, 0) is 44.1 Å². The highest BCUT2D eigenvalue weighted by molar-refractivity contribution is 5.76. The van der Waals surface area contributed by atoms with Crippen LogP contribution < -0.4 is 0 Å². The highest BCUT2D eigenvalue weighted by atomic mass is 16.6. The van der Waals surface area contributed by atoms with Crippen molar-refractivity contribution < 1.29 is 14.3 Å². The first kappa shape index (κ1) is 12.7. The fourth-order valence-corrected chi connectivity index (χ4v) is 2.31. The Morgan fingerprint density at radius 2 is 1.63 bits per heavy atom. The zero-order valence-corrected chi connectivity index (χ0v) is 11.1. The summed E-state index contributed by atoms with van der Waals surface area (Å²) in [5.41, 5.74) is 0.902. The van der Waals surface area contributed by atoms with Gasteiger partial charge in [0, 0.05) is 0 Å². The van der Waals surface area contributed by atoms with Crippen LogP contribution in [0.2, 0.25) is 0 Å². The molecule has 0 bridgehead atoms. The third kappa shape index (κ3) is 2.98. The van der Waals surface area contributed by atoms with Crippen molar-refractivity contribution in [3.63, 3.8) is 0 Å². The van der Waals surface area contributed by atoms with Crippen molar-refractivity contribution in [2.75, 3.05) is 0 Å². The summed E-state index contributed by atoms with van der Waals surface area (Å²) in [4.78, 5) is 12.3. The first-order chi connectivity index (χ1) is 9.33. The van der Waals surface area contributed by atoms with E-state index in [2.05, 4.69) is 0 Å². The van der Waals surface area contributed by atoms with Gasteiger partial charge in [-0.3, -0.25) is 0 Å². The second kappa shape index (κ2) is 5.74. The van der Waals surface area contributed by atoms with Crippen LogP contribution in [0.25, 0.3) is 0 Å². The molecule has 3 nitrogen and oxygen atoms in total. The third-order valence-corrected chi connectivity index (χ3v) is 4.03. The van der Waals surface area contributed by atoms with Gasteiger partial charge in [0.2, 0.25) is 0 Å². The van der Waals surface area contributed by atoms with Crippen LogP contribution in [0.1, 0.15) is 50.2 Å². The molecular formula is C16H20O3. The van der Waals surface area contributed by atoms with E-state index in [-0.39, 0.29) is 18.2 Å².